The summed E-state index contributed by atoms with van der Waals surface area (Å²) in [4.78, 5) is 24.2. The van der Waals surface area contributed by atoms with E-state index in [9.17, 15) is 14.9 Å². The van der Waals surface area contributed by atoms with Gasteiger partial charge in [-0.15, -0.1) is 0 Å². The van der Waals surface area contributed by atoms with Crippen molar-refractivity contribution in [2.75, 3.05) is 18.0 Å². The van der Waals surface area contributed by atoms with Gasteiger partial charge in [0.25, 0.3) is 11.6 Å². The van der Waals surface area contributed by atoms with Crippen LogP contribution in [0.15, 0.2) is 36.4 Å². The number of anilines is 1. The number of nitro benzene ring substituents is 1. The van der Waals surface area contributed by atoms with Crippen molar-refractivity contribution in [2.24, 2.45) is 0 Å². The molecule has 1 aromatic carbocycles. The van der Waals surface area contributed by atoms with Crippen LogP contribution in [0.2, 0.25) is 0 Å². The molecule has 0 saturated carbocycles. The van der Waals surface area contributed by atoms with E-state index >= 15 is 0 Å². The van der Waals surface area contributed by atoms with Gasteiger partial charge in [-0.25, -0.2) is 0 Å². The molecule has 106 valence electrons. The summed E-state index contributed by atoms with van der Waals surface area (Å²) >= 11 is 0. The number of benzene rings is 1. The molecule has 1 aliphatic rings. The molecular weight excluding hydrogens is 258 g/mol. The van der Waals surface area contributed by atoms with Crippen LogP contribution in [0.5, 0.6) is 0 Å². The zero-order chi connectivity index (χ0) is 14.5. The van der Waals surface area contributed by atoms with E-state index in [1.165, 1.54) is 18.2 Å². The van der Waals surface area contributed by atoms with E-state index in [-0.39, 0.29) is 17.6 Å². The lowest BCUT2D eigenvalue weighted by molar-refractivity contribution is -0.384. The molecule has 0 aliphatic carbocycles. The van der Waals surface area contributed by atoms with Crippen LogP contribution in [-0.4, -0.2) is 30.0 Å². The van der Waals surface area contributed by atoms with Crippen molar-refractivity contribution in [2.45, 2.75) is 19.4 Å². The van der Waals surface area contributed by atoms with E-state index < -0.39 is 4.92 Å². The quantitative estimate of drug-likeness (QED) is 0.517. The number of carbonyl (C=O) groups is 1. The molecule has 1 atom stereocenters. The van der Waals surface area contributed by atoms with Crippen LogP contribution in [0.3, 0.4) is 0 Å². The number of nitrogens with one attached hydrogen (secondary N) is 1. The number of hydrogen-bond donors (Lipinski definition) is 1. The molecule has 2 rings (SSSR count). The highest BCUT2D eigenvalue weighted by Crippen LogP contribution is 2.23. The van der Waals surface area contributed by atoms with Gasteiger partial charge in [-0.05, 0) is 38.1 Å². The Morgan fingerprint density at radius 3 is 2.65 bits per heavy atom. The number of nitro groups is 1. The highest BCUT2D eigenvalue weighted by molar-refractivity contribution is 6.02. The molecule has 1 amide bonds. The van der Waals surface area contributed by atoms with Gasteiger partial charge in [0.1, 0.15) is 0 Å². The van der Waals surface area contributed by atoms with Crippen LogP contribution in [0.1, 0.15) is 13.3 Å². The Kier molecular flexibility index (Phi) is 4.47. The molecule has 1 heterocycles. The third-order valence-corrected chi connectivity index (χ3v) is 3.28. The summed E-state index contributed by atoms with van der Waals surface area (Å²) in [5.74, 6) is -0.102. The second-order valence-electron chi connectivity index (χ2n) is 4.63. The van der Waals surface area contributed by atoms with E-state index in [1.54, 1.807) is 30.0 Å². The fourth-order valence-electron chi connectivity index (χ4n) is 2.34. The Bertz CT molecular complexity index is 519. The summed E-state index contributed by atoms with van der Waals surface area (Å²) in [6.07, 6.45) is 4.09. The molecule has 6 nitrogen and oxygen atoms in total. The van der Waals surface area contributed by atoms with E-state index in [2.05, 4.69) is 5.32 Å². The number of amides is 1. The zero-order valence-electron chi connectivity index (χ0n) is 11.3. The third kappa shape index (κ3) is 3.03. The van der Waals surface area contributed by atoms with Crippen LogP contribution in [0.4, 0.5) is 11.4 Å². The number of allylic oxidation sites excluding steroid dienone is 1. The van der Waals surface area contributed by atoms with Crippen molar-refractivity contribution in [1.29, 1.82) is 0 Å². The molecular formula is C14H17N3O3. The van der Waals surface area contributed by atoms with Crippen molar-refractivity contribution in [3.05, 3.63) is 46.5 Å². The highest BCUT2D eigenvalue weighted by atomic mass is 16.6. The van der Waals surface area contributed by atoms with Gasteiger partial charge < -0.3 is 10.2 Å². The summed E-state index contributed by atoms with van der Waals surface area (Å²) in [6.45, 7) is 3.40. The molecule has 1 saturated heterocycles. The van der Waals surface area contributed by atoms with Crippen LogP contribution >= 0.6 is 0 Å². The largest absolute Gasteiger partial charge is 0.315 e. The fraction of sp³-hybridized carbons (Fsp3) is 0.357. The van der Waals surface area contributed by atoms with Gasteiger partial charge in [-0.3, -0.25) is 14.9 Å². The first-order valence-corrected chi connectivity index (χ1v) is 6.54. The summed E-state index contributed by atoms with van der Waals surface area (Å²) in [5, 5.41) is 13.9. The minimum Gasteiger partial charge on any atom is -0.315 e. The molecule has 1 aliphatic heterocycles. The molecule has 1 aromatic rings. The normalized spacial score (nSPS) is 18.4. The lowest BCUT2D eigenvalue weighted by atomic mass is 10.1. The maximum atomic E-state index is 12.2. The van der Waals surface area contributed by atoms with E-state index in [0.29, 0.717) is 5.69 Å². The van der Waals surface area contributed by atoms with Crippen molar-refractivity contribution in [1.82, 2.24) is 5.32 Å². The predicted molar refractivity (Wildman–Crippen MR) is 76.7 cm³/mol. The number of rotatable bonds is 4. The van der Waals surface area contributed by atoms with Crippen molar-refractivity contribution >= 4 is 17.3 Å². The standard InChI is InChI=1S/C14H17N3O3/c1-2-3-14(18)16(13-8-9-15-10-13)11-4-6-12(7-5-11)17(19)20/h2-7,13,15H,8-10H2,1H3. The number of hydrogen-bond acceptors (Lipinski definition) is 4. The minimum atomic E-state index is -0.445. The first-order valence-electron chi connectivity index (χ1n) is 6.54. The number of carbonyl (C=O) groups excluding carboxylic acids is 1. The Balaban J connectivity index is 2.29. The van der Waals surface area contributed by atoms with Gasteiger partial charge in [0, 0.05) is 24.4 Å². The number of non-ortho nitro benzene ring substituents is 1. The van der Waals surface area contributed by atoms with Crippen LogP contribution in [-0.2, 0) is 4.79 Å². The van der Waals surface area contributed by atoms with Crippen molar-refractivity contribution < 1.29 is 9.72 Å². The third-order valence-electron chi connectivity index (χ3n) is 3.28. The molecule has 0 radical (unpaired) electrons. The topological polar surface area (TPSA) is 75.5 Å². The van der Waals surface area contributed by atoms with Gasteiger partial charge in [0.05, 0.1) is 11.0 Å². The van der Waals surface area contributed by atoms with Gasteiger partial charge in [-0.1, -0.05) is 6.08 Å². The van der Waals surface area contributed by atoms with Crippen LogP contribution in [0.25, 0.3) is 0 Å². The Morgan fingerprint density at radius 2 is 2.15 bits per heavy atom. The van der Waals surface area contributed by atoms with Gasteiger partial charge in [0.15, 0.2) is 0 Å². The second-order valence-corrected chi connectivity index (χ2v) is 4.63. The molecule has 20 heavy (non-hydrogen) atoms. The lowest BCUT2D eigenvalue weighted by Crippen LogP contribution is -2.40. The van der Waals surface area contributed by atoms with E-state index in [1.807, 2.05) is 0 Å². The number of nitrogens with zero attached hydrogens (tertiary/aromatic N) is 2. The summed E-state index contributed by atoms with van der Waals surface area (Å²) in [5.41, 5.74) is 0.712. The van der Waals surface area contributed by atoms with E-state index in [4.69, 9.17) is 0 Å². The average molecular weight is 275 g/mol. The monoisotopic (exact) mass is 275 g/mol. The minimum absolute atomic E-state index is 0.0247. The van der Waals surface area contributed by atoms with Gasteiger partial charge >= 0.3 is 0 Å². The predicted octanol–water partition coefficient (Wildman–Crippen LogP) is 1.87. The molecule has 1 unspecified atom stereocenters. The van der Waals surface area contributed by atoms with Crippen LogP contribution in [0, 0.1) is 10.1 Å². The first kappa shape index (κ1) is 14.2. The van der Waals surface area contributed by atoms with Crippen LogP contribution < -0.4 is 10.2 Å². The van der Waals surface area contributed by atoms with Gasteiger partial charge in [-0.2, -0.15) is 0 Å². The summed E-state index contributed by atoms with van der Waals surface area (Å²) in [6, 6.07) is 6.18. The Hall–Kier alpha value is -2.21. The SMILES string of the molecule is CC=CC(=O)N(c1ccc([N+](=O)[O-])cc1)C1CCNC1. The smallest absolute Gasteiger partial charge is 0.269 e. The summed E-state index contributed by atoms with van der Waals surface area (Å²) < 4.78 is 0. The lowest BCUT2D eigenvalue weighted by Gasteiger charge is -2.27. The molecule has 0 spiro atoms. The summed E-state index contributed by atoms with van der Waals surface area (Å²) in [7, 11) is 0. The average Bonchev–Trinajstić information content (AvgIpc) is 2.94. The molecule has 0 bridgehead atoms. The first-order chi connectivity index (χ1) is 9.63. The molecule has 6 heteroatoms. The molecule has 1 fully saturated rings. The van der Waals surface area contributed by atoms with Crippen molar-refractivity contribution in [3.8, 4) is 0 Å². The Labute approximate surface area is 117 Å². The maximum Gasteiger partial charge on any atom is 0.269 e. The van der Waals surface area contributed by atoms with Gasteiger partial charge in [0.2, 0.25) is 0 Å². The fourth-order valence-corrected chi connectivity index (χ4v) is 2.34. The highest BCUT2D eigenvalue weighted by Gasteiger charge is 2.26. The van der Waals surface area contributed by atoms with Crippen molar-refractivity contribution in [3.63, 3.8) is 0 Å². The Morgan fingerprint density at radius 1 is 1.45 bits per heavy atom. The maximum absolute atomic E-state index is 12.2. The molecule has 1 N–H and O–H groups in total. The zero-order valence-corrected chi connectivity index (χ0v) is 11.3. The van der Waals surface area contributed by atoms with E-state index in [0.717, 1.165) is 19.5 Å². The second kappa shape index (κ2) is 6.29. The molecule has 0 aromatic heterocycles.